The van der Waals surface area contributed by atoms with Crippen molar-refractivity contribution in [1.82, 2.24) is 4.98 Å². The third-order valence-corrected chi connectivity index (χ3v) is 4.62. The molecule has 2 aromatic carbocycles. The van der Waals surface area contributed by atoms with Gasteiger partial charge in [-0.2, -0.15) is 5.26 Å². The van der Waals surface area contributed by atoms with Gasteiger partial charge in [0.15, 0.2) is 0 Å². The molecule has 0 spiro atoms. The van der Waals surface area contributed by atoms with Gasteiger partial charge in [0.05, 0.1) is 11.6 Å². The highest BCUT2D eigenvalue weighted by Crippen LogP contribution is 2.28. The summed E-state index contributed by atoms with van der Waals surface area (Å²) in [5.74, 6) is -0.598. The second kappa shape index (κ2) is 7.33. The van der Waals surface area contributed by atoms with Crippen LogP contribution in [-0.4, -0.2) is 23.3 Å². The summed E-state index contributed by atoms with van der Waals surface area (Å²) in [5, 5.41) is 11.7. The van der Waals surface area contributed by atoms with E-state index in [1.807, 2.05) is 30.3 Å². The summed E-state index contributed by atoms with van der Waals surface area (Å²) in [7, 11) is 0. The summed E-state index contributed by atoms with van der Waals surface area (Å²) < 4.78 is 0. The topological polar surface area (TPSA) is 86.1 Å². The number of carbonyl (C=O) groups is 2. The van der Waals surface area contributed by atoms with Crippen molar-refractivity contribution < 1.29 is 9.59 Å². The second-order valence-electron chi connectivity index (χ2n) is 6.41. The van der Waals surface area contributed by atoms with Crippen LogP contribution in [0.25, 0.3) is 0 Å². The van der Waals surface area contributed by atoms with Crippen LogP contribution >= 0.6 is 0 Å². The summed E-state index contributed by atoms with van der Waals surface area (Å²) in [6.07, 6.45) is 2.26. The second-order valence-corrected chi connectivity index (χ2v) is 6.41. The highest BCUT2D eigenvalue weighted by atomic mass is 16.2. The molecular formula is C22H16N4O2. The van der Waals surface area contributed by atoms with Crippen molar-refractivity contribution in [2.24, 2.45) is 0 Å². The van der Waals surface area contributed by atoms with Gasteiger partial charge in [0.2, 0.25) is 0 Å². The number of amides is 2. The van der Waals surface area contributed by atoms with Crippen LogP contribution in [0.5, 0.6) is 0 Å². The minimum absolute atomic E-state index is 0.218. The SMILES string of the molecule is N#Cc1cccc(NC(=O)c2ccnc(C(=O)N3CCc4ccccc43)c2)c1. The Labute approximate surface area is 162 Å². The number of carbonyl (C=O) groups excluding carboxylic acids is 2. The minimum atomic E-state index is -0.367. The molecule has 0 bridgehead atoms. The molecule has 0 atom stereocenters. The molecule has 0 fully saturated rings. The smallest absolute Gasteiger partial charge is 0.276 e. The normalized spacial score (nSPS) is 12.2. The molecule has 0 unspecified atom stereocenters. The van der Waals surface area contributed by atoms with E-state index in [2.05, 4.69) is 10.3 Å². The molecule has 28 heavy (non-hydrogen) atoms. The van der Waals surface area contributed by atoms with Gasteiger partial charge < -0.3 is 10.2 Å². The Kier molecular flexibility index (Phi) is 4.56. The highest BCUT2D eigenvalue weighted by molar-refractivity contribution is 6.09. The van der Waals surface area contributed by atoms with Crippen molar-refractivity contribution in [3.8, 4) is 6.07 Å². The van der Waals surface area contributed by atoms with E-state index < -0.39 is 0 Å². The fraction of sp³-hybridized carbons (Fsp3) is 0.0909. The lowest BCUT2D eigenvalue weighted by molar-refractivity contribution is 0.0984. The van der Waals surface area contributed by atoms with E-state index in [0.29, 0.717) is 23.4 Å². The van der Waals surface area contributed by atoms with Gasteiger partial charge in [-0.3, -0.25) is 14.6 Å². The quantitative estimate of drug-likeness (QED) is 0.768. The Morgan fingerprint density at radius 2 is 1.93 bits per heavy atom. The van der Waals surface area contributed by atoms with Gasteiger partial charge in [-0.15, -0.1) is 0 Å². The van der Waals surface area contributed by atoms with Crippen LogP contribution in [0.4, 0.5) is 11.4 Å². The molecule has 2 heterocycles. The zero-order valence-electron chi connectivity index (χ0n) is 14.9. The van der Waals surface area contributed by atoms with E-state index in [9.17, 15) is 9.59 Å². The fourth-order valence-electron chi connectivity index (χ4n) is 3.25. The lowest BCUT2D eigenvalue weighted by Crippen LogP contribution is -2.30. The molecule has 6 heteroatoms. The molecule has 1 N–H and O–H groups in total. The van der Waals surface area contributed by atoms with Gasteiger partial charge in [-0.05, 0) is 48.4 Å². The lowest BCUT2D eigenvalue weighted by Gasteiger charge is -2.17. The largest absolute Gasteiger partial charge is 0.322 e. The number of anilines is 2. The minimum Gasteiger partial charge on any atom is -0.322 e. The Morgan fingerprint density at radius 3 is 2.79 bits per heavy atom. The zero-order chi connectivity index (χ0) is 19.5. The summed E-state index contributed by atoms with van der Waals surface area (Å²) in [4.78, 5) is 31.3. The van der Waals surface area contributed by atoms with E-state index in [4.69, 9.17) is 5.26 Å². The van der Waals surface area contributed by atoms with E-state index in [1.165, 1.54) is 12.3 Å². The molecule has 1 aromatic heterocycles. The van der Waals surface area contributed by atoms with Crippen molar-refractivity contribution in [3.63, 3.8) is 0 Å². The average Bonchev–Trinajstić information content (AvgIpc) is 3.17. The van der Waals surface area contributed by atoms with Crippen LogP contribution < -0.4 is 10.2 Å². The van der Waals surface area contributed by atoms with Gasteiger partial charge in [-0.25, -0.2) is 0 Å². The third kappa shape index (κ3) is 3.33. The summed E-state index contributed by atoms with van der Waals surface area (Å²) in [6, 6.07) is 19.5. The number of para-hydroxylation sites is 1. The highest BCUT2D eigenvalue weighted by Gasteiger charge is 2.26. The van der Waals surface area contributed by atoms with Gasteiger partial charge in [-0.1, -0.05) is 24.3 Å². The van der Waals surface area contributed by atoms with Crippen molar-refractivity contribution in [2.45, 2.75) is 6.42 Å². The number of pyridine rings is 1. The Bertz CT molecular complexity index is 1120. The average molecular weight is 368 g/mol. The molecule has 1 aliphatic rings. The maximum absolute atomic E-state index is 12.9. The number of nitrogens with one attached hydrogen (secondary N) is 1. The number of fused-ring (bicyclic) bond motifs is 1. The predicted molar refractivity (Wildman–Crippen MR) is 105 cm³/mol. The van der Waals surface area contributed by atoms with Crippen LogP contribution in [0.1, 0.15) is 32.0 Å². The third-order valence-electron chi connectivity index (χ3n) is 4.62. The lowest BCUT2D eigenvalue weighted by atomic mass is 10.1. The number of hydrogen-bond donors (Lipinski definition) is 1. The summed E-state index contributed by atoms with van der Waals surface area (Å²) in [6.45, 7) is 0.594. The van der Waals surface area contributed by atoms with E-state index in [0.717, 1.165) is 17.7 Å². The van der Waals surface area contributed by atoms with Crippen LogP contribution in [0.3, 0.4) is 0 Å². The number of nitriles is 1. The van der Waals surface area contributed by atoms with Gasteiger partial charge in [0, 0.05) is 29.7 Å². The van der Waals surface area contributed by atoms with Crippen molar-refractivity contribution in [3.05, 3.63) is 89.2 Å². The predicted octanol–water partition coefficient (Wildman–Crippen LogP) is 3.41. The summed E-state index contributed by atoms with van der Waals surface area (Å²) >= 11 is 0. The number of aromatic nitrogens is 1. The maximum atomic E-state index is 12.9. The van der Waals surface area contributed by atoms with Gasteiger partial charge >= 0.3 is 0 Å². The molecule has 0 saturated heterocycles. The first-order valence-corrected chi connectivity index (χ1v) is 8.83. The zero-order valence-corrected chi connectivity index (χ0v) is 14.9. The summed E-state index contributed by atoms with van der Waals surface area (Å²) in [5.41, 5.74) is 3.53. The molecule has 1 aliphatic heterocycles. The number of benzene rings is 2. The van der Waals surface area contributed by atoms with Crippen LogP contribution in [0.15, 0.2) is 66.9 Å². The van der Waals surface area contributed by atoms with E-state index >= 15 is 0 Å². The first-order chi connectivity index (χ1) is 13.7. The van der Waals surface area contributed by atoms with E-state index in [-0.39, 0.29) is 17.5 Å². The van der Waals surface area contributed by atoms with Crippen LogP contribution in [0.2, 0.25) is 0 Å². The number of nitrogens with zero attached hydrogens (tertiary/aromatic N) is 3. The van der Waals surface area contributed by atoms with Crippen LogP contribution in [-0.2, 0) is 6.42 Å². The monoisotopic (exact) mass is 368 g/mol. The Morgan fingerprint density at radius 1 is 1.07 bits per heavy atom. The van der Waals surface area contributed by atoms with E-state index in [1.54, 1.807) is 35.2 Å². The Balaban J connectivity index is 1.55. The molecule has 3 aromatic rings. The maximum Gasteiger partial charge on any atom is 0.276 e. The molecule has 2 amide bonds. The molecule has 0 aliphatic carbocycles. The van der Waals surface area contributed by atoms with Gasteiger partial charge in [0.1, 0.15) is 5.69 Å². The first kappa shape index (κ1) is 17.4. The first-order valence-electron chi connectivity index (χ1n) is 8.83. The van der Waals surface area contributed by atoms with Crippen LogP contribution in [0, 0.1) is 11.3 Å². The fourth-order valence-corrected chi connectivity index (χ4v) is 3.25. The number of hydrogen-bond acceptors (Lipinski definition) is 4. The molecule has 4 rings (SSSR count). The molecule has 6 nitrogen and oxygen atoms in total. The Hall–Kier alpha value is -3.98. The van der Waals surface area contributed by atoms with Crippen molar-refractivity contribution in [2.75, 3.05) is 16.8 Å². The standard InChI is InChI=1S/C22H16N4O2/c23-14-15-4-3-6-18(12-15)25-21(27)17-8-10-24-19(13-17)22(28)26-11-9-16-5-1-2-7-20(16)26/h1-8,10,12-13H,9,11H2,(H,25,27). The molecule has 136 valence electrons. The molecule has 0 radical (unpaired) electrons. The van der Waals surface area contributed by atoms with Crippen molar-refractivity contribution in [1.29, 1.82) is 5.26 Å². The molecular weight excluding hydrogens is 352 g/mol. The molecule has 0 saturated carbocycles. The number of rotatable bonds is 3. The van der Waals surface area contributed by atoms with Gasteiger partial charge in [0.25, 0.3) is 11.8 Å². The van der Waals surface area contributed by atoms with Crippen molar-refractivity contribution >= 4 is 23.2 Å².